The minimum absolute atomic E-state index is 0.00123. The molecule has 2 spiro atoms. The fourth-order valence-electron chi connectivity index (χ4n) is 7.97. The Bertz CT molecular complexity index is 1060. The van der Waals surface area contributed by atoms with Gasteiger partial charge in [0, 0.05) is 29.8 Å². The van der Waals surface area contributed by atoms with E-state index in [0.717, 1.165) is 37.7 Å². The number of aliphatic hydroxyl groups excluding tert-OH is 2. The lowest BCUT2D eigenvalue weighted by Crippen LogP contribution is -2.62. The molecule has 3 aliphatic carbocycles. The van der Waals surface area contributed by atoms with Crippen molar-refractivity contribution in [2.75, 3.05) is 14.1 Å². The van der Waals surface area contributed by atoms with Crippen LogP contribution < -0.4 is 0 Å². The average molecular weight is 435 g/mol. The van der Waals surface area contributed by atoms with Crippen LogP contribution in [0.3, 0.4) is 0 Å². The van der Waals surface area contributed by atoms with Gasteiger partial charge in [-0.2, -0.15) is 0 Å². The second kappa shape index (κ2) is 6.63. The first kappa shape index (κ1) is 20.8. The highest BCUT2D eigenvalue weighted by Crippen LogP contribution is 2.68. The molecule has 1 saturated carbocycles. The molecule has 3 heterocycles. The number of pyridine rings is 1. The van der Waals surface area contributed by atoms with Gasteiger partial charge in [0.25, 0.3) is 0 Å². The van der Waals surface area contributed by atoms with E-state index in [2.05, 4.69) is 37.0 Å². The van der Waals surface area contributed by atoms with Crippen LogP contribution >= 0.6 is 0 Å². The van der Waals surface area contributed by atoms with E-state index in [0.29, 0.717) is 5.92 Å². The zero-order chi connectivity index (χ0) is 22.5. The Morgan fingerprint density at radius 2 is 2.03 bits per heavy atom. The molecule has 5 heteroatoms. The van der Waals surface area contributed by atoms with Gasteiger partial charge in [0.05, 0.1) is 17.3 Å². The summed E-state index contributed by atoms with van der Waals surface area (Å²) in [5.74, 6) is 0.364. The third-order valence-electron chi connectivity index (χ3n) is 9.37. The molecule has 2 N–H and O–H groups in total. The highest BCUT2D eigenvalue weighted by Gasteiger charge is 2.68. The molecule has 0 amide bonds. The van der Waals surface area contributed by atoms with Crippen LogP contribution in [0.2, 0.25) is 0 Å². The van der Waals surface area contributed by atoms with Gasteiger partial charge in [-0.25, -0.2) is 0 Å². The second-order valence-corrected chi connectivity index (χ2v) is 11.2. The van der Waals surface area contributed by atoms with Crippen LogP contribution in [-0.2, 0) is 4.74 Å². The number of nitrogens with zero attached hydrogens (tertiary/aromatic N) is 2. The largest absolute Gasteiger partial charge is 0.388 e. The van der Waals surface area contributed by atoms with E-state index in [1.54, 1.807) is 0 Å². The highest BCUT2D eigenvalue weighted by atomic mass is 16.5. The average Bonchev–Trinajstić information content (AvgIpc) is 3.26. The number of hydrogen-bond acceptors (Lipinski definition) is 5. The van der Waals surface area contributed by atoms with Crippen LogP contribution in [0.1, 0.15) is 51.5 Å². The molecule has 1 aromatic heterocycles. The highest BCUT2D eigenvalue weighted by molar-refractivity contribution is 5.74. The molecule has 1 aromatic rings. The van der Waals surface area contributed by atoms with Gasteiger partial charge in [-0.05, 0) is 81.5 Å². The minimum Gasteiger partial charge on any atom is -0.388 e. The number of allylic oxidation sites excluding steroid dienone is 3. The second-order valence-electron chi connectivity index (χ2n) is 11.2. The summed E-state index contributed by atoms with van der Waals surface area (Å²) in [5.41, 5.74) is 5.32. The fraction of sp³-hybridized carbons (Fsp3) is 0.593. The monoisotopic (exact) mass is 434 g/mol. The molecule has 6 rings (SSSR count). The third-order valence-corrected chi connectivity index (χ3v) is 9.37. The molecule has 5 aliphatic rings. The summed E-state index contributed by atoms with van der Waals surface area (Å²) in [6, 6.07) is 4.08. The van der Waals surface area contributed by atoms with Crippen molar-refractivity contribution in [1.29, 1.82) is 0 Å². The molecule has 5 nitrogen and oxygen atoms in total. The molecule has 0 radical (unpaired) electrons. The number of rotatable bonds is 2. The topological polar surface area (TPSA) is 65.8 Å². The maximum atomic E-state index is 11.1. The standard InChI is InChI=1S/C27H34N2O3/c1-16-13-25(2)18(17-6-5-11-28-15-17)7-8-22(25)27-10-9-26(32-27)14-21(29(3)4)24(31)23(30)20(26)12-19(16)27/h5-7,11-12,15,21-24,30-31H,8-10,13-14H2,1-4H3. The summed E-state index contributed by atoms with van der Waals surface area (Å²) >= 11 is 0. The van der Waals surface area contributed by atoms with Crippen molar-refractivity contribution in [3.05, 3.63) is 59.0 Å². The van der Waals surface area contributed by atoms with E-state index < -0.39 is 17.8 Å². The van der Waals surface area contributed by atoms with Crippen molar-refractivity contribution >= 4 is 5.57 Å². The molecule has 170 valence electrons. The number of hydrogen-bond donors (Lipinski definition) is 2. The molecule has 7 atom stereocenters. The molecule has 1 saturated heterocycles. The van der Waals surface area contributed by atoms with Gasteiger partial charge in [0.2, 0.25) is 0 Å². The Labute approximate surface area is 190 Å². The lowest BCUT2D eigenvalue weighted by molar-refractivity contribution is -0.162. The summed E-state index contributed by atoms with van der Waals surface area (Å²) in [7, 11) is 3.96. The number of fused-ring (bicyclic) bond motifs is 1. The summed E-state index contributed by atoms with van der Waals surface area (Å²) in [6.07, 6.45) is 11.4. The summed E-state index contributed by atoms with van der Waals surface area (Å²) in [5, 5.41) is 22.0. The predicted molar refractivity (Wildman–Crippen MR) is 124 cm³/mol. The number of aliphatic hydroxyl groups is 2. The first-order chi connectivity index (χ1) is 15.2. The Kier molecular flexibility index (Phi) is 4.31. The van der Waals surface area contributed by atoms with Gasteiger partial charge >= 0.3 is 0 Å². The Morgan fingerprint density at radius 1 is 1.22 bits per heavy atom. The molecule has 0 aromatic carbocycles. The van der Waals surface area contributed by atoms with Gasteiger partial charge in [-0.1, -0.05) is 30.7 Å². The van der Waals surface area contributed by atoms with E-state index in [9.17, 15) is 10.2 Å². The van der Waals surface area contributed by atoms with Gasteiger partial charge in [-0.15, -0.1) is 0 Å². The summed E-state index contributed by atoms with van der Waals surface area (Å²) in [4.78, 5) is 6.42. The molecule has 7 unspecified atom stereocenters. The van der Waals surface area contributed by atoms with E-state index in [-0.39, 0.29) is 17.1 Å². The Balaban J connectivity index is 1.47. The Hall–Kier alpha value is -1.79. The zero-order valence-corrected chi connectivity index (χ0v) is 19.5. The number of ether oxygens (including phenoxy) is 1. The molecule has 32 heavy (non-hydrogen) atoms. The van der Waals surface area contributed by atoms with Crippen molar-refractivity contribution in [3.63, 3.8) is 0 Å². The lowest BCUT2D eigenvalue weighted by Gasteiger charge is -2.56. The van der Waals surface area contributed by atoms with Gasteiger partial charge in [0.1, 0.15) is 6.10 Å². The number of likely N-dealkylation sites (N-methyl/N-ethyl adjacent to an activating group) is 1. The van der Waals surface area contributed by atoms with Gasteiger partial charge in [0.15, 0.2) is 0 Å². The molecule has 2 bridgehead atoms. The fourth-order valence-corrected chi connectivity index (χ4v) is 7.97. The third kappa shape index (κ3) is 2.46. The first-order valence-electron chi connectivity index (χ1n) is 12.0. The van der Waals surface area contributed by atoms with Crippen LogP contribution in [0, 0.1) is 11.3 Å². The maximum absolute atomic E-state index is 11.1. The maximum Gasteiger partial charge on any atom is 0.105 e. The molecular formula is C27H34N2O3. The van der Waals surface area contributed by atoms with E-state index in [4.69, 9.17) is 4.74 Å². The van der Waals surface area contributed by atoms with Crippen LogP contribution in [-0.4, -0.2) is 63.6 Å². The minimum atomic E-state index is -0.881. The molecular weight excluding hydrogens is 400 g/mol. The van der Waals surface area contributed by atoms with Gasteiger partial charge < -0.3 is 19.8 Å². The van der Waals surface area contributed by atoms with Crippen molar-refractivity contribution in [2.24, 2.45) is 11.3 Å². The predicted octanol–water partition coefficient (Wildman–Crippen LogP) is 3.50. The van der Waals surface area contributed by atoms with E-state index in [1.165, 1.54) is 22.3 Å². The molecule has 2 fully saturated rings. The van der Waals surface area contributed by atoms with Crippen LogP contribution in [0.25, 0.3) is 5.57 Å². The summed E-state index contributed by atoms with van der Waals surface area (Å²) in [6.45, 7) is 4.64. The summed E-state index contributed by atoms with van der Waals surface area (Å²) < 4.78 is 7.24. The van der Waals surface area contributed by atoms with Crippen molar-refractivity contribution in [3.8, 4) is 0 Å². The SMILES string of the molecule is CC1=C2C=C3C(O)C(O)C(N(C)C)CC34CCC2(O4)C2CC=C(c3cccnc3)C2(C)C1. The van der Waals surface area contributed by atoms with Crippen LogP contribution in [0.5, 0.6) is 0 Å². The lowest BCUT2D eigenvalue weighted by atomic mass is 9.56. The first-order valence-corrected chi connectivity index (χ1v) is 12.0. The van der Waals surface area contributed by atoms with Crippen LogP contribution in [0.4, 0.5) is 0 Å². The van der Waals surface area contributed by atoms with Crippen molar-refractivity contribution in [1.82, 2.24) is 9.88 Å². The number of aromatic nitrogens is 1. The van der Waals surface area contributed by atoms with Crippen molar-refractivity contribution in [2.45, 2.75) is 75.4 Å². The van der Waals surface area contributed by atoms with E-state index in [1.807, 2.05) is 37.5 Å². The Morgan fingerprint density at radius 3 is 2.75 bits per heavy atom. The normalized spacial score (nSPS) is 44.7. The quantitative estimate of drug-likeness (QED) is 0.746. The smallest absolute Gasteiger partial charge is 0.105 e. The van der Waals surface area contributed by atoms with Gasteiger partial charge in [-0.3, -0.25) is 4.98 Å². The molecule has 2 aliphatic heterocycles. The van der Waals surface area contributed by atoms with Crippen molar-refractivity contribution < 1.29 is 14.9 Å². The van der Waals surface area contributed by atoms with E-state index >= 15 is 0 Å². The van der Waals surface area contributed by atoms with Crippen LogP contribution in [0.15, 0.2) is 53.4 Å². The zero-order valence-electron chi connectivity index (χ0n) is 19.5.